The van der Waals surface area contributed by atoms with E-state index in [1.165, 1.54) is 0 Å². The van der Waals surface area contributed by atoms with Gasteiger partial charge in [-0.3, -0.25) is 0 Å². The van der Waals surface area contributed by atoms with Gasteiger partial charge in [0.2, 0.25) is 5.76 Å². The lowest BCUT2D eigenvalue weighted by molar-refractivity contribution is -0.151. The molecule has 1 heterocycles. The predicted molar refractivity (Wildman–Crippen MR) is 62.7 cm³/mol. The molecule has 0 bridgehead atoms. The van der Waals surface area contributed by atoms with Crippen molar-refractivity contribution in [2.45, 2.75) is 51.4 Å². The van der Waals surface area contributed by atoms with Gasteiger partial charge < -0.3 is 24.8 Å². The molecular formula is C12H20O6. The van der Waals surface area contributed by atoms with Gasteiger partial charge in [-0.1, -0.05) is 19.8 Å². The second-order valence-corrected chi connectivity index (χ2v) is 4.17. The molecule has 0 amide bonds. The lowest BCUT2D eigenvalue weighted by Gasteiger charge is -2.23. The fourth-order valence-electron chi connectivity index (χ4n) is 1.78. The van der Waals surface area contributed by atoms with Crippen LogP contribution >= 0.6 is 0 Å². The van der Waals surface area contributed by atoms with Crippen molar-refractivity contribution in [2.75, 3.05) is 6.61 Å². The van der Waals surface area contributed by atoms with Crippen molar-refractivity contribution >= 4 is 5.97 Å². The van der Waals surface area contributed by atoms with Crippen LogP contribution in [0.25, 0.3) is 0 Å². The molecule has 104 valence electrons. The highest BCUT2D eigenvalue weighted by molar-refractivity contribution is 5.89. The summed E-state index contributed by atoms with van der Waals surface area (Å²) in [5, 5.41) is 29.1. The van der Waals surface area contributed by atoms with Gasteiger partial charge in [-0.05, 0) is 13.3 Å². The Labute approximate surface area is 106 Å². The highest BCUT2D eigenvalue weighted by Gasteiger charge is 2.42. The summed E-state index contributed by atoms with van der Waals surface area (Å²) < 4.78 is 9.89. The molecule has 1 aliphatic heterocycles. The van der Waals surface area contributed by atoms with E-state index in [-0.39, 0.29) is 12.4 Å². The van der Waals surface area contributed by atoms with E-state index in [0.29, 0.717) is 6.42 Å². The van der Waals surface area contributed by atoms with E-state index >= 15 is 0 Å². The van der Waals surface area contributed by atoms with Crippen molar-refractivity contribution in [2.24, 2.45) is 0 Å². The van der Waals surface area contributed by atoms with Crippen LogP contribution in [0.1, 0.15) is 33.1 Å². The first-order valence-electron chi connectivity index (χ1n) is 6.15. The van der Waals surface area contributed by atoms with Crippen molar-refractivity contribution in [3.05, 3.63) is 11.5 Å². The largest absolute Gasteiger partial charge is 0.499 e. The number of unbranched alkanes of at least 4 members (excludes halogenated alkanes) is 1. The van der Waals surface area contributed by atoms with Gasteiger partial charge in [0.1, 0.15) is 6.10 Å². The molecule has 0 radical (unpaired) electrons. The number of hydrogen-bond donors (Lipinski definition) is 3. The summed E-state index contributed by atoms with van der Waals surface area (Å²) >= 11 is 0. The minimum Gasteiger partial charge on any atom is -0.499 e. The van der Waals surface area contributed by atoms with Gasteiger partial charge in [0.25, 0.3) is 0 Å². The molecule has 18 heavy (non-hydrogen) atoms. The predicted octanol–water partition coefficient (Wildman–Crippen LogP) is 0.630. The molecule has 1 aliphatic rings. The van der Waals surface area contributed by atoms with Crippen LogP contribution in [-0.2, 0) is 14.3 Å². The molecule has 0 spiro atoms. The molecule has 0 aromatic carbocycles. The van der Waals surface area contributed by atoms with Gasteiger partial charge in [-0.15, -0.1) is 0 Å². The van der Waals surface area contributed by atoms with Gasteiger partial charge in [0.15, 0.2) is 11.9 Å². The Kier molecular flexibility index (Phi) is 5.43. The number of esters is 1. The van der Waals surface area contributed by atoms with Crippen LogP contribution in [0.3, 0.4) is 0 Å². The Balaban J connectivity index is 2.73. The van der Waals surface area contributed by atoms with Crippen LogP contribution in [0.5, 0.6) is 0 Å². The maximum absolute atomic E-state index is 11.2. The number of rotatable bonds is 7. The number of aliphatic hydroxyl groups is 3. The van der Waals surface area contributed by atoms with Crippen LogP contribution in [0, 0.1) is 0 Å². The van der Waals surface area contributed by atoms with Gasteiger partial charge >= 0.3 is 5.97 Å². The molecule has 0 saturated heterocycles. The summed E-state index contributed by atoms with van der Waals surface area (Å²) in [7, 11) is 0. The second-order valence-electron chi connectivity index (χ2n) is 4.17. The summed E-state index contributed by atoms with van der Waals surface area (Å²) in [4.78, 5) is 11.2. The zero-order valence-electron chi connectivity index (χ0n) is 10.6. The molecule has 0 aromatic rings. The first-order chi connectivity index (χ1) is 8.52. The van der Waals surface area contributed by atoms with Crippen molar-refractivity contribution in [1.29, 1.82) is 0 Å². The average molecular weight is 260 g/mol. The minimum absolute atomic E-state index is 0.106. The fourth-order valence-corrected chi connectivity index (χ4v) is 1.78. The summed E-state index contributed by atoms with van der Waals surface area (Å²) in [5.74, 6) is -1.68. The average Bonchev–Trinajstić information content (AvgIpc) is 2.63. The van der Waals surface area contributed by atoms with Crippen LogP contribution in [-0.4, -0.2) is 46.2 Å². The summed E-state index contributed by atoms with van der Waals surface area (Å²) in [5.41, 5.74) is 0. The molecule has 1 unspecified atom stereocenters. The van der Waals surface area contributed by atoms with Gasteiger partial charge in [-0.2, -0.15) is 0 Å². The number of hydrogen-bond acceptors (Lipinski definition) is 6. The normalized spacial score (nSPS) is 22.9. The molecular weight excluding hydrogens is 240 g/mol. The van der Waals surface area contributed by atoms with E-state index in [9.17, 15) is 20.1 Å². The smallest absolute Gasteiger partial charge is 0.378 e. The maximum Gasteiger partial charge on any atom is 0.378 e. The molecule has 0 fully saturated rings. The maximum atomic E-state index is 11.2. The van der Waals surface area contributed by atoms with Crippen LogP contribution in [0.2, 0.25) is 0 Å². The van der Waals surface area contributed by atoms with Gasteiger partial charge in [0.05, 0.1) is 12.7 Å². The van der Waals surface area contributed by atoms with Crippen molar-refractivity contribution in [3.63, 3.8) is 0 Å². The number of cyclic esters (lactones) is 1. The van der Waals surface area contributed by atoms with E-state index in [4.69, 9.17) is 9.47 Å². The van der Waals surface area contributed by atoms with E-state index in [1.807, 2.05) is 6.92 Å². The van der Waals surface area contributed by atoms with E-state index < -0.39 is 30.0 Å². The van der Waals surface area contributed by atoms with E-state index in [0.717, 1.165) is 12.8 Å². The molecule has 0 saturated carbocycles. The molecule has 3 atom stereocenters. The third kappa shape index (κ3) is 3.14. The molecule has 0 aliphatic carbocycles. The highest BCUT2D eigenvalue weighted by Crippen LogP contribution is 2.27. The molecule has 1 rings (SSSR count). The Morgan fingerprint density at radius 1 is 1.39 bits per heavy atom. The van der Waals surface area contributed by atoms with E-state index in [1.54, 1.807) is 6.92 Å². The quantitative estimate of drug-likeness (QED) is 0.581. The van der Waals surface area contributed by atoms with Crippen LogP contribution < -0.4 is 0 Å². The number of aliphatic hydroxyl groups excluding tert-OH is 3. The van der Waals surface area contributed by atoms with Crippen molar-refractivity contribution in [1.82, 2.24) is 0 Å². The third-order valence-electron chi connectivity index (χ3n) is 2.78. The Bertz CT molecular complexity index is 325. The SMILES string of the molecule is CCCCC(O)[C@H](O)[C@H]1OC(=O)C(O)=C1OCC. The molecule has 3 N–H and O–H groups in total. The van der Waals surface area contributed by atoms with Gasteiger partial charge in [-0.25, -0.2) is 4.79 Å². The standard InChI is InChI=1S/C12H20O6/c1-3-5-6-7(13)8(14)11-10(17-4-2)9(15)12(16)18-11/h7-8,11,13-15H,3-6H2,1-2H3/t7?,8-,11+/m0/s1. The highest BCUT2D eigenvalue weighted by atomic mass is 16.6. The third-order valence-corrected chi connectivity index (χ3v) is 2.78. The van der Waals surface area contributed by atoms with Crippen LogP contribution in [0.15, 0.2) is 11.5 Å². The minimum atomic E-state index is -1.30. The molecule has 0 aromatic heterocycles. The first kappa shape index (κ1) is 14.8. The molecule has 6 heteroatoms. The molecule has 6 nitrogen and oxygen atoms in total. The summed E-state index contributed by atoms with van der Waals surface area (Å²) in [6.07, 6.45) is -1.43. The zero-order valence-corrected chi connectivity index (χ0v) is 10.6. The Morgan fingerprint density at radius 3 is 2.61 bits per heavy atom. The van der Waals surface area contributed by atoms with Crippen LogP contribution in [0.4, 0.5) is 0 Å². The van der Waals surface area contributed by atoms with Gasteiger partial charge in [0, 0.05) is 0 Å². The lowest BCUT2D eigenvalue weighted by atomic mass is 10.0. The number of carbonyl (C=O) groups excluding carboxylic acids is 1. The second kappa shape index (κ2) is 6.61. The number of ether oxygens (including phenoxy) is 2. The van der Waals surface area contributed by atoms with Crippen molar-refractivity contribution in [3.8, 4) is 0 Å². The monoisotopic (exact) mass is 260 g/mol. The summed E-state index contributed by atoms with van der Waals surface area (Å²) in [6.45, 7) is 3.87. The Hall–Kier alpha value is -1.27. The summed E-state index contributed by atoms with van der Waals surface area (Å²) in [6, 6.07) is 0. The Morgan fingerprint density at radius 2 is 2.06 bits per heavy atom. The van der Waals surface area contributed by atoms with Crippen molar-refractivity contribution < 1.29 is 29.6 Å². The fraction of sp³-hybridized carbons (Fsp3) is 0.750. The lowest BCUT2D eigenvalue weighted by Crippen LogP contribution is -2.39. The first-order valence-corrected chi connectivity index (χ1v) is 6.15. The van der Waals surface area contributed by atoms with E-state index in [2.05, 4.69) is 0 Å². The number of carbonyl (C=O) groups is 1. The zero-order chi connectivity index (χ0) is 13.7. The topological polar surface area (TPSA) is 96.2 Å².